The van der Waals surface area contributed by atoms with Crippen LogP contribution < -0.4 is 4.90 Å². The van der Waals surface area contributed by atoms with Gasteiger partial charge >= 0.3 is 6.09 Å². The van der Waals surface area contributed by atoms with Crippen molar-refractivity contribution in [1.82, 2.24) is 9.47 Å². The molecule has 0 spiro atoms. The van der Waals surface area contributed by atoms with Crippen LogP contribution in [0.15, 0.2) is 42.5 Å². The van der Waals surface area contributed by atoms with Crippen molar-refractivity contribution in [1.29, 1.82) is 0 Å². The number of carbonyl (C=O) groups is 1. The number of fused-ring (bicyclic) bond motifs is 3. The van der Waals surface area contributed by atoms with Crippen LogP contribution in [0, 0.1) is 0 Å². The van der Waals surface area contributed by atoms with Gasteiger partial charge in [0.2, 0.25) is 0 Å². The zero-order valence-corrected chi connectivity index (χ0v) is 20.9. The van der Waals surface area contributed by atoms with Gasteiger partial charge in [-0.05, 0) is 36.3 Å². The van der Waals surface area contributed by atoms with Crippen LogP contribution in [0.1, 0.15) is 20.8 Å². The Morgan fingerprint density at radius 2 is 1.66 bits per heavy atom. The average Bonchev–Trinajstić information content (AvgIpc) is 3.07. The first-order chi connectivity index (χ1) is 15.1. The number of carboxylic acid groups (broad SMARTS) is 1. The van der Waals surface area contributed by atoms with Crippen LogP contribution in [0.2, 0.25) is 18.1 Å². The second-order valence-corrected chi connectivity index (χ2v) is 15.1. The van der Waals surface area contributed by atoms with E-state index in [0.29, 0.717) is 0 Å². The van der Waals surface area contributed by atoms with E-state index in [2.05, 4.69) is 55.8 Å². The Morgan fingerprint density at radius 1 is 1.00 bits per heavy atom. The highest BCUT2D eigenvalue weighted by Gasteiger charge is 2.37. The van der Waals surface area contributed by atoms with Gasteiger partial charge in [-0.15, -0.1) is 0 Å². The fourth-order valence-corrected chi connectivity index (χ4v) is 5.27. The van der Waals surface area contributed by atoms with Gasteiger partial charge in [-0.3, -0.25) is 4.90 Å². The molecule has 1 fully saturated rings. The van der Waals surface area contributed by atoms with E-state index in [9.17, 15) is 9.90 Å². The molecule has 2 aromatic carbocycles. The van der Waals surface area contributed by atoms with Crippen LogP contribution in [-0.4, -0.2) is 68.3 Å². The molecule has 7 heteroatoms. The monoisotopic (exact) mass is 453 g/mol. The van der Waals surface area contributed by atoms with Crippen molar-refractivity contribution in [2.24, 2.45) is 0 Å². The lowest BCUT2D eigenvalue weighted by Crippen LogP contribution is -2.48. The molecule has 0 radical (unpaired) electrons. The molecular weight excluding hydrogens is 418 g/mol. The summed E-state index contributed by atoms with van der Waals surface area (Å²) in [4.78, 5) is 16.8. The van der Waals surface area contributed by atoms with Gasteiger partial charge in [0.05, 0.1) is 11.0 Å². The van der Waals surface area contributed by atoms with E-state index in [1.54, 1.807) is 0 Å². The van der Waals surface area contributed by atoms with Crippen molar-refractivity contribution in [3.8, 4) is 0 Å². The summed E-state index contributed by atoms with van der Waals surface area (Å²) in [5.74, 6) is 0. The third-order valence-electron chi connectivity index (χ3n) is 7.26. The van der Waals surface area contributed by atoms with E-state index in [1.165, 1.54) is 4.57 Å². The second-order valence-electron chi connectivity index (χ2n) is 10.3. The van der Waals surface area contributed by atoms with E-state index >= 15 is 0 Å². The summed E-state index contributed by atoms with van der Waals surface area (Å²) >= 11 is 0. The summed E-state index contributed by atoms with van der Waals surface area (Å²) in [6.45, 7) is 17.0. The summed E-state index contributed by atoms with van der Waals surface area (Å²) in [7, 11) is -1.70. The minimum atomic E-state index is -1.70. The lowest BCUT2D eigenvalue weighted by Gasteiger charge is -2.39. The van der Waals surface area contributed by atoms with Crippen LogP contribution in [0.25, 0.3) is 21.8 Å². The first kappa shape index (κ1) is 22.8. The summed E-state index contributed by atoms with van der Waals surface area (Å²) in [5.41, 5.74) is 2.57. The molecule has 1 aliphatic rings. The standard InChI is InChI=1S/C25H35N3O3Si/c1-25(2,3)32(4,5)31-17-16-26-12-14-27(15-13-26)19-10-11-21-20-8-6-7-9-22(20)28(24(29)30)23(21)18-19/h6-11,18H,12-17H2,1-5H3,(H,29,30). The molecule has 6 nitrogen and oxygen atoms in total. The highest BCUT2D eigenvalue weighted by molar-refractivity contribution is 6.74. The first-order valence-corrected chi connectivity index (χ1v) is 14.4. The van der Waals surface area contributed by atoms with Crippen molar-refractivity contribution in [3.05, 3.63) is 42.5 Å². The number of hydrogen-bond donors (Lipinski definition) is 1. The Hall–Kier alpha value is -2.35. The highest BCUT2D eigenvalue weighted by atomic mass is 28.4. The first-order valence-electron chi connectivity index (χ1n) is 11.5. The maximum absolute atomic E-state index is 12.0. The van der Waals surface area contributed by atoms with Crippen molar-refractivity contribution in [3.63, 3.8) is 0 Å². The van der Waals surface area contributed by atoms with Gasteiger partial charge in [0.25, 0.3) is 0 Å². The molecule has 0 unspecified atom stereocenters. The molecule has 1 aromatic heterocycles. The van der Waals surface area contributed by atoms with Crippen LogP contribution in [0.5, 0.6) is 0 Å². The summed E-state index contributed by atoms with van der Waals surface area (Å²) in [6, 6.07) is 13.9. The number of para-hydroxylation sites is 1. The fourth-order valence-electron chi connectivity index (χ4n) is 4.24. The van der Waals surface area contributed by atoms with Crippen molar-refractivity contribution in [2.75, 3.05) is 44.2 Å². The SMILES string of the molecule is CC(C)(C)[Si](C)(C)OCCN1CCN(c2ccc3c4ccccc4n(C(=O)O)c3c2)CC1. The zero-order valence-electron chi connectivity index (χ0n) is 19.9. The number of anilines is 1. The lowest BCUT2D eigenvalue weighted by atomic mass is 10.1. The number of piperazine rings is 1. The predicted octanol–water partition coefficient (Wildman–Crippen LogP) is 5.46. The Kier molecular flexibility index (Phi) is 6.09. The quantitative estimate of drug-likeness (QED) is 0.520. The van der Waals surface area contributed by atoms with Gasteiger partial charge in [-0.25, -0.2) is 9.36 Å². The Bertz CT molecular complexity index is 1120. The third kappa shape index (κ3) is 4.29. The number of benzene rings is 2. The molecular formula is C25H35N3O3Si. The molecule has 0 amide bonds. The molecule has 172 valence electrons. The van der Waals surface area contributed by atoms with Crippen LogP contribution >= 0.6 is 0 Å². The lowest BCUT2D eigenvalue weighted by molar-refractivity contribution is 0.191. The van der Waals surface area contributed by atoms with E-state index in [4.69, 9.17) is 4.43 Å². The highest BCUT2D eigenvalue weighted by Crippen LogP contribution is 2.36. The van der Waals surface area contributed by atoms with Gasteiger partial charge < -0.3 is 14.4 Å². The molecule has 3 aromatic rings. The average molecular weight is 454 g/mol. The molecule has 0 atom stereocenters. The maximum atomic E-state index is 12.0. The van der Waals surface area contributed by atoms with E-state index in [0.717, 1.165) is 66.8 Å². The normalized spacial score (nSPS) is 16.2. The summed E-state index contributed by atoms with van der Waals surface area (Å²) in [6.07, 6.45) is -0.945. The molecule has 32 heavy (non-hydrogen) atoms. The molecule has 0 aliphatic carbocycles. The van der Waals surface area contributed by atoms with Crippen molar-refractivity contribution < 1.29 is 14.3 Å². The summed E-state index contributed by atoms with van der Waals surface area (Å²) < 4.78 is 7.75. The van der Waals surface area contributed by atoms with Crippen LogP contribution in [-0.2, 0) is 4.43 Å². The third-order valence-corrected chi connectivity index (χ3v) is 11.8. The minimum Gasteiger partial charge on any atom is -0.464 e. The molecule has 0 saturated carbocycles. The van der Waals surface area contributed by atoms with Gasteiger partial charge in [-0.2, -0.15) is 0 Å². The summed E-state index contributed by atoms with van der Waals surface area (Å²) in [5, 5.41) is 12.0. The van der Waals surface area contributed by atoms with Crippen LogP contribution in [0.4, 0.5) is 10.5 Å². The van der Waals surface area contributed by atoms with E-state index in [1.807, 2.05) is 30.3 Å². The smallest absolute Gasteiger partial charge is 0.416 e. The number of nitrogens with zero attached hydrogens (tertiary/aromatic N) is 3. The van der Waals surface area contributed by atoms with Crippen molar-refractivity contribution >= 4 is 41.9 Å². The van der Waals surface area contributed by atoms with E-state index < -0.39 is 14.4 Å². The van der Waals surface area contributed by atoms with Gasteiger partial charge in [0, 0.05) is 55.8 Å². The zero-order chi connectivity index (χ0) is 23.1. The molecule has 1 aliphatic heterocycles. The molecule has 1 saturated heterocycles. The Labute approximate surface area is 191 Å². The van der Waals surface area contributed by atoms with Gasteiger partial charge in [0.1, 0.15) is 0 Å². The van der Waals surface area contributed by atoms with Crippen molar-refractivity contribution in [2.45, 2.75) is 38.9 Å². The Morgan fingerprint density at radius 3 is 2.31 bits per heavy atom. The molecule has 2 heterocycles. The largest absolute Gasteiger partial charge is 0.464 e. The minimum absolute atomic E-state index is 0.239. The molecule has 1 N–H and O–H groups in total. The van der Waals surface area contributed by atoms with Gasteiger partial charge in [-0.1, -0.05) is 45.0 Å². The number of rotatable bonds is 5. The van der Waals surface area contributed by atoms with Crippen LogP contribution in [0.3, 0.4) is 0 Å². The van der Waals surface area contributed by atoms with E-state index in [-0.39, 0.29) is 5.04 Å². The molecule has 4 rings (SSSR count). The van der Waals surface area contributed by atoms with Gasteiger partial charge in [0.15, 0.2) is 8.32 Å². The Balaban J connectivity index is 1.44. The second kappa shape index (κ2) is 8.54. The fraction of sp³-hybridized carbons (Fsp3) is 0.480. The predicted molar refractivity (Wildman–Crippen MR) is 135 cm³/mol. The topological polar surface area (TPSA) is 57.9 Å². The number of aromatic nitrogens is 1. The maximum Gasteiger partial charge on any atom is 0.416 e. The number of hydrogen-bond acceptors (Lipinski definition) is 4. The molecule has 0 bridgehead atoms.